The molecule has 0 aliphatic carbocycles. The van der Waals surface area contributed by atoms with E-state index < -0.39 is 35.3 Å². The summed E-state index contributed by atoms with van der Waals surface area (Å²) >= 11 is 0. The van der Waals surface area contributed by atoms with Crippen LogP contribution in [0.5, 0.6) is 0 Å². The second-order valence-electron chi connectivity index (χ2n) is 6.54. The van der Waals surface area contributed by atoms with Gasteiger partial charge in [-0.2, -0.15) is 0 Å². The smallest absolute Gasteiger partial charge is 0.322 e. The van der Waals surface area contributed by atoms with Gasteiger partial charge in [0.05, 0.1) is 17.9 Å². The fourth-order valence-electron chi connectivity index (χ4n) is 3.31. The van der Waals surface area contributed by atoms with E-state index in [9.17, 15) is 22.4 Å². The van der Waals surface area contributed by atoms with E-state index in [0.717, 1.165) is 6.20 Å². The number of aromatic nitrogens is 2. The molecule has 1 aromatic carbocycles. The summed E-state index contributed by atoms with van der Waals surface area (Å²) in [7, 11) is 0. The molecule has 0 saturated heterocycles. The van der Waals surface area contributed by atoms with Crippen molar-refractivity contribution in [3.8, 4) is 11.5 Å². The summed E-state index contributed by atoms with van der Waals surface area (Å²) in [5.74, 6) is -4.62. The van der Waals surface area contributed by atoms with Gasteiger partial charge in [0.1, 0.15) is 11.5 Å². The number of pyridine rings is 1. The quantitative estimate of drug-likeness (QED) is 0.504. The van der Waals surface area contributed by atoms with E-state index >= 15 is 0 Å². The van der Waals surface area contributed by atoms with Crippen LogP contribution in [-0.2, 0) is 6.42 Å². The minimum absolute atomic E-state index is 0.213. The second kappa shape index (κ2) is 7.19. The third-order valence-electron chi connectivity index (χ3n) is 4.73. The standard InChI is InChI=1S/C19H14F4N4O2/c1-9-16-14(26-29-18(16)15-3-2-10(20)8-24-15)4-5-27(9)19(28)25-11-6-12(21)17(23)13(22)7-11/h2-3,6-9H,4-5H2,1H3,(H,25,28)/t9-/m0/s1. The number of amides is 2. The first kappa shape index (κ1) is 18.9. The maximum atomic E-state index is 13.4. The Bertz CT molecular complexity index is 1060. The summed E-state index contributed by atoms with van der Waals surface area (Å²) in [5.41, 5.74) is 1.40. The van der Waals surface area contributed by atoms with Gasteiger partial charge in [0.2, 0.25) is 0 Å². The van der Waals surface area contributed by atoms with Crippen LogP contribution in [0.25, 0.3) is 11.5 Å². The average Bonchev–Trinajstić information content (AvgIpc) is 3.12. The topological polar surface area (TPSA) is 71.3 Å². The number of urea groups is 1. The van der Waals surface area contributed by atoms with Crippen molar-refractivity contribution in [2.75, 3.05) is 11.9 Å². The van der Waals surface area contributed by atoms with Crippen LogP contribution in [0.2, 0.25) is 0 Å². The number of halogens is 4. The van der Waals surface area contributed by atoms with Gasteiger partial charge < -0.3 is 14.7 Å². The van der Waals surface area contributed by atoms with Gasteiger partial charge in [0.15, 0.2) is 23.2 Å². The predicted octanol–water partition coefficient (Wildman–Crippen LogP) is 4.44. The van der Waals surface area contributed by atoms with E-state index in [1.807, 2.05) is 0 Å². The van der Waals surface area contributed by atoms with Gasteiger partial charge in [-0.25, -0.2) is 27.3 Å². The van der Waals surface area contributed by atoms with Crippen molar-refractivity contribution < 1.29 is 26.9 Å². The third-order valence-corrected chi connectivity index (χ3v) is 4.73. The van der Waals surface area contributed by atoms with E-state index in [1.165, 1.54) is 17.0 Å². The van der Waals surface area contributed by atoms with E-state index in [-0.39, 0.29) is 12.2 Å². The first-order chi connectivity index (χ1) is 13.8. The number of rotatable bonds is 2. The molecule has 1 aliphatic rings. The molecule has 10 heteroatoms. The van der Waals surface area contributed by atoms with Crippen molar-refractivity contribution in [2.45, 2.75) is 19.4 Å². The van der Waals surface area contributed by atoms with Crippen LogP contribution in [0, 0.1) is 23.3 Å². The molecule has 29 heavy (non-hydrogen) atoms. The molecule has 0 unspecified atom stereocenters. The van der Waals surface area contributed by atoms with Crippen LogP contribution in [0.1, 0.15) is 24.2 Å². The van der Waals surface area contributed by atoms with Crippen molar-refractivity contribution in [1.82, 2.24) is 15.0 Å². The molecule has 3 aromatic rings. The lowest BCUT2D eigenvalue weighted by Gasteiger charge is -2.33. The Morgan fingerprint density at radius 3 is 2.59 bits per heavy atom. The van der Waals surface area contributed by atoms with Crippen LogP contribution >= 0.6 is 0 Å². The number of carbonyl (C=O) groups is 1. The van der Waals surface area contributed by atoms with Crippen LogP contribution in [-0.4, -0.2) is 27.6 Å². The summed E-state index contributed by atoms with van der Waals surface area (Å²) in [6.45, 7) is 2.00. The lowest BCUT2D eigenvalue weighted by atomic mass is 9.97. The van der Waals surface area contributed by atoms with Crippen molar-refractivity contribution in [1.29, 1.82) is 0 Å². The molecule has 0 bridgehead atoms. The average molecular weight is 406 g/mol. The third kappa shape index (κ3) is 3.41. The van der Waals surface area contributed by atoms with Gasteiger partial charge in [-0.3, -0.25) is 0 Å². The first-order valence-corrected chi connectivity index (χ1v) is 8.67. The van der Waals surface area contributed by atoms with E-state index in [1.54, 1.807) is 6.92 Å². The van der Waals surface area contributed by atoms with Gasteiger partial charge >= 0.3 is 6.03 Å². The van der Waals surface area contributed by atoms with Crippen molar-refractivity contribution in [3.63, 3.8) is 0 Å². The molecule has 3 heterocycles. The molecule has 1 aliphatic heterocycles. The number of fused-ring (bicyclic) bond motifs is 1. The van der Waals surface area contributed by atoms with Gasteiger partial charge in [-0.15, -0.1) is 0 Å². The summed E-state index contributed by atoms with van der Waals surface area (Å²) < 4.78 is 58.4. The largest absolute Gasteiger partial charge is 0.354 e. The fourth-order valence-corrected chi connectivity index (χ4v) is 3.31. The highest BCUT2D eigenvalue weighted by molar-refractivity contribution is 5.90. The summed E-state index contributed by atoms with van der Waals surface area (Å²) in [6, 6.07) is 2.92. The number of anilines is 1. The van der Waals surface area contributed by atoms with Gasteiger partial charge in [-0.1, -0.05) is 5.16 Å². The molecule has 6 nitrogen and oxygen atoms in total. The minimum Gasteiger partial charge on any atom is -0.354 e. The van der Waals surface area contributed by atoms with Crippen molar-refractivity contribution in [3.05, 3.63) is 65.0 Å². The minimum atomic E-state index is -1.61. The number of hydrogen-bond donors (Lipinski definition) is 1. The summed E-state index contributed by atoms with van der Waals surface area (Å²) in [5, 5.41) is 6.37. The molecular weight excluding hydrogens is 392 g/mol. The lowest BCUT2D eigenvalue weighted by Crippen LogP contribution is -2.41. The van der Waals surface area contributed by atoms with E-state index in [0.29, 0.717) is 41.3 Å². The Morgan fingerprint density at radius 2 is 1.93 bits per heavy atom. The van der Waals surface area contributed by atoms with Crippen molar-refractivity contribution >= 4 is 11.7 Å². The fraction of sp³-hybridized carbons (Fsp3) is 0.211. The van der Waals surface area contributed by atoms with Crippen LogP contribution in [0.4, 0.5) is 28.0 Å². The molecule has 0 radical (unpaired) electrons. The van der Waals surface area contributed by atoms with Gasteiger partial charge in [-0.05, 0) is 19.1 Å². The molecular formula is C19H14F4N4O2. The molecule has 2 aromatic heterocycles. The molecule has 0 saturated carbocycles. The van der Waals surface area contributed by atoms with Gasteiger partial charge in [0.25, 0.3) is 0 Å². The Labute approximate surface area is 162 Å². The second-order valence-corrected chi connectivity index (χ2v) is 6.54. The number of benzene rings is 1. The maximum absolute atomic E-state index is 13.4. The monoisotopic (exact) mass is 406 g/mol. The van der Waals surface area contributed by atoms with Crippen molar-refractivity contribution in [2.24, 2.45) is 0 Å². The van der Waals surface area contributed by atoms with Crippen LogP contribution in [0.15, 0.2) is 35.0 Å². The zero-order valence-corrected chi connectivity index (χ0v) is 15.0. The normalized spacial score (nSPS) is 15.9. The zero-order valence-electron chi connectivity index (χ0n) is 15.0. The maximum Gasteiger partial charge on any atom is 0.322 e. The van der Waals surface area contributed by atoms with E-state index in [4.69, 9.17) is 4.52 Å². The number of hydrogen-bond acceptors (Lipinski definition) is 4. The Kier molecular flexibility index (Phi) is 4.69. The Hall–Kier alpha value is -3.43. The SMILES string of the molecule is C[C@H]1c2c(noc2-c2ccc(F)cn2)CCN1C(=O)Nc1cc(F)c(F)c(F)c1. The molecule has 150 valence electrons. The highest BCUT2D eigenvalue weighted by Gasteiger charge is 2.34. The Balaban J connectivity index is 1.60. The van der Waals surface area contributed by atoms with Crippen LogP contribution in [0.3, 0.4) is 0 Å². The molecule has 4 rings (SSSR count). The molecule has 0 fully saturated rings. The highest BCUT2D eigenvalue weighted by Crippen LogP contribution is 2.37. The number of nitrogens with zero attached hydrogens (tertiary/aromatic N) is 3. The molecule has 1 atom stereocenters. The summed E-state index contributed by atoms with van der Waals surface area (Å²) in [4.78, 5) is 18.1. The highest BCUT2D eigenvalue weighted by atomic mass is 19.2. The predicted molar refractivity (Wildman–Crippen MR) is 93.9 cm³/mol. The van der Waals surface area contributed by atoms with Gasteiger partial charge in [0, 0.05) is 36.3 Å². The van der Waals surface area contributed by atoms with E-state index in [2.05, 4.69) is 15.5 Å². The number of carbonyl (C=O) groups excluding carboxylic acids is 1. The molecule has 0 spiro atoms. The zero-order chi connectivity index (χ0) is 20.7. The summed E-state index contributed by atoms with van der Waals surface area (Å²) in [6.07, 6.45) is 1.42. The number of nitrogens with one attached hydrogen (secondary N) is 1. The lowest BCUT2D eigenvalue weighted by molar-refractivity contribution is 0.188. The Morgan fingerprint density at radius 1 is 1.21 bits per heavy atom. The van der Waals surface area contributed by atoms with Crippen LogP contribution < -0.4 is 5.32 Å². The molecule has 2 amide bonds. The first-order valence-electron chi connectivity index (χ1n) is 8.67. The molecule has 1 N–H and O–H groups in total.